The molecule has 2 aromatic rings. The van der Waals surface area contributed by atoms with E-state index in [1.165, 1.54) is 11.3 Å². The van der Waals surface area contributed by atoms with Crippen molar-refractivity contribution in [3.05, 3.63) is 40.3 Å². The van der Waals surface area contributed by atoms with Gasteiger partial charge in [-0.15, -0.1) is 11.3 Å². The molecule has 3 heteroatoms. The van der Waals surface area contributed by atoms with E-state index in [1.54, 1.807) is 6.20 Å². The van der Waals surface area contributed by atoms with Crippen LogP contribution in [0, 0.1) is 6.92 Å². The molecule has 2 rings (SSSR count). The van der Waals surface area contributed by atoms with Gasteiger partial charge in [0, 0.05) is 17.5 Å². The summed E-state index contributed by atoms with van der Waals surface area (Å²) in [6.07, 6.45) is 2.64. The molecular formula is C11H9NOS. The van der Waals surface area contributed by atoms with E-state index in [-0.39, 0.29) is 0 Å². The van der Waals surface area contributed by atoms with Crippen molar-refractivity contribution in [1.82, 2.24) is 4.98 Å². The molecule has 0 saturated carbocycles. The van der Waals surface area contributed by atoms with Crippen LogP contribution >= 0.6 is 11.3 Å². The van der Waals surface area contributed by atoms with Crippen molar-refractivity contribution in [1.29, 1.82) is 0 Å². The van der Waals surface area contributed by atoms with E-state index in [4.69, 9.17) is 0 Å². The number of carbonyl (C=O) groups is 1. The van der Waals surface area contributed by atoms with Crippen molar-refractivity contribution in [2.24, 2.45) is 0 Å². The number of aryl methyl sites for hydroxylation is 1. The van der Waals surface area contributed by atoms with Crippen LogP contribution in [0.3, 0.4) is 0 Å². The van der Waals surface area contributed by atoms with Gasteiger partial charge in [-0.25, -0.2) is 0 Å². The van der Waals surface area contributed by atoms with Crippen LogP contribution in [0.1, 0.15) is 15.4 Å². The summed E-state index contributed by atoms with van der Waals surface area (Å²) in [5, 5.41) is 1.98. The van der Waals surface area contributed by atoms with Gasteiger partial charge in [0.25, 0.3) is 0 Å². The first-order valence-corrected chi connectivity index (χ1v) is 5.15. The highest BCUT2D eigenvalue weighted by Gasteiger charge is 2.04. The van der Waals surface area contributed by atoms with Crippen LogP contribution in [0.15, 0.2) is 29.8 Å². The first kappa shape index (κ1) is 9.09. The highest BCUT2D eigenvalue weighted by atomic mass is 32.1. The van der Waals surface area contributed by atoms with Gasteiger partial charge < -0.3 is 0 Å². The van der Waals surface area contributed by atoms with Gasteiger partial charge in [-0.3, -0.25) is 9.78 Å². The second-order valence-electron chi connectivity index (χ2n) is 2.99. The number of aromatic nitrogens is 1. The number of aldehydes is 1. The molecule has 0 aliphatic rings. The van der Waals surface area contributed by atoms with Crippen molar-refractivity contribution < 1.29 is 4.79 Å². The minimum atomic E-state index is 0.753. The number of nitrogens with zero attached hydrogens (tertiary/aromatic N) is 1. The Morgan fingerprint density at radius 1 is 1.50 bits per heavy atom. The fourth-order valence-electron chi connectivity index (χ4n) is 1.35. The zero-order valence-corrected chi connectivity index (χ0v) is 8.54. The van der Waals surface area contributed by atoms with Gasteiger partial charge in [-0.2, -0.15) is 0 Å². The lowest BCUT2D eigenvalue weighted by Gasteiger charge is -2.00. The van der Waals surface area contributed by atoms with Crippen molar-refractivity contribution in [3.63, 3.8) is 0 Å². The van der Waals surface area contributed by atoms with Crippen LogP contribution < -0.4 is 0 Å². The molecule has 0 aliphatic carbocycles. The summed E-state index contributed by atoms with van der Waals surface area (Å²) in [5.74, 6) is 0. The fraction of sp³-hybridized carbons (Fsp3) is 0.0909. The Morgan fingerprint density at radius 3 is 3.00 bits per heavy atom. The van der Waals surface area contributed by atoms with Crippen LogP contribution in [0.2, 0.25) is 0 Å². The third kappa shape index (κ3) is 1.59. The molecule has 0 spiro atoms. The summed E-state index contributed by atoms with van der Waals surface area (Å²) in [6.45, 7) is 1.97. The average molecular weight is 203 g/mol. The van der Waals surface area contributed by atoms with Crippen molar-refractivity contribution >= 4 is 17.6 Å². The number of rotatable bonds is 2. The van der Waals surface area contributed by atoms with Gasteiger partial charge in [0.15, 0.2) is 6.29 Å². The van der Waals surface area contributed by atoms with E-state index in [1.807, 2.05) is 30.5 Å². The lowest BCUT2D eigenvalue weighted by molar-refractivity contribution is 0.112. The first-order chi connectivity index (χ1) is 6.81. The Hall–Kier alpha value is -1.48. The standard InChI is InChI=1S/C11H9NOS/c1-8-11(3-2-4-12-8)9-5-10(6-13)14-7-9/h2-7H,1H3. The largest absolute Gasteiger partial charge is 0.297 e. The zero-order valence-electron chi connectivity index (χ0n) is 7.73. The minimum Gasteiger partial charge on any atom is -0.297 e. The lowest BCUT2D eigenvalue weighted by atomic mass is 10.1. The molecule has 2 nitrogen and oxygen atoms in total. The monoisotopic (exact) mass is 203 g/mol. The first-order valence-electron chi connectivity index (χ1n) is 4.27. The Bertz CT molecular complexity index is 462. The Morgan fingerprint density at radius 2 is 2.36 bits per heavy atom. The van der Waals surface area contributed by atoms with E-state index in [9.17, 15) is 4.79 Å². The summed E-state index contributed by atoms with van der Waals surface area (Å²) in [6, 6.07) is 5.81. The lowest BCUT2D eigenvalue weighted by Crippen LogP contribution is -1.83. The molecule has 0 aliphatic heterocycles. The van der Waals surface area contributed by atoms with Crippen molar-refractivity contribution in [2.45, 2.75) is 6.92 Å². The van der Waals surface area contributed by atoms with Gasteiger partial charge in [0.05, 0.1) is 4.88 Å². The smallest absolute Gasteiger partial charge is 0.160 e. The number of pyridine rings is 1. The highest BCUT2D eigenvalue weighted by molar-refractivity contribution is 7.12. The predicted octanol–water partition coefficient (Wildman–Crippen LogP) is 2.93. The maximum absolute atomic E-state index is 10.5. The molecule has 2 aromatic heterocycles. The fourth-order valence-corrected chi connectivity index (χ4v) is 2.05. The topological polar surface area (TPSA) is 30.0 Å². The van der Waals surface area contributed by atoms with E-state index >= 15 is 0 Å². The van der Waals surface area contributed by atoms with Gasteiger partial charge in [-0.1, -0.05) is 6.07 Å². The SMILES string of the molecule is Cc1ncccc1-c1csc(C=O)c1. The summed E-state index contributed by atoms with van der Waals surface area (Å²) in [7, 11) is 0. The van der Waals surface area contributed by atoms with Crippen LogP contribution in [-0.4, -0.2) is 11.3 Å². The molecule has 0 N–H and O–H groups in total. The summed E-state index contributed by atoms with van der Waals surface area (Å²) in [5.41, 5.74) is 3.15. The predicted molar refractivity (Wildman–Crippen MR) is 57.7 cm³/mol. The molecule has 0 unspecified atom stereocenters. The van der Waals surface area contributed by atoms with Gasteiger partial charge in [-0.05, 0) is 30.0 Å². The van der Waals surface area contributed by atoms with E-state index in [0.717, 1.165) is 28.0 Å². The van der Waals surface area contributed by atoms with Crippen LogP contribution in [-0.2, 0) is 0 Å². The Labute approximate surface area is 86.2 Å². The third-order valence-corrected chi connectivity index (χ3v) is 2.91. The van der Waals surface area contributed by atoms with Gasteiger partial charge in [0.1, 0.15) is 0 Å². The summed E-state index contributed by atoms with van der Waals surface area (Å²) < 4.78 is 0. The zero-order chi connectivity index (χ0) is 9.97. The van der Waals surface area contributed by atoms with Gasteiger partial charge in [0.2, 0.25) is 0 Å². The Kier molecular flexibility index (Phi) is 2.41. The molecule has 0 bridgehead atoms. The number of hydrogen-bond acceptors (Lipinski definition) is 3. The molecular weight excluding hydrogens is 194 g/mol. The molecule has 0 fully saturated rings. The molecule has 70 valence electrons. The molecule has 0 amide bonds. The number of thiophene rings is 1. The number of carbonyl (C=O) groups excluding carboxylic acids is 1. The normalized spacial score (nSPS) is 10.1. The molecule has 2 heterocycles. The third-order valence-electron chi connectivity index (χ3n) is 2.05. The van der Waals surface area contributed by atoms with E-state index < -0.39 is 0 Å². The Balaban J connectivity index is 2.49. The molecule has 0 atom stereocenters. The molecule has 14 heavy (non-hydrogen) atoms. The van der Waals surface area contributed by atoms with Crippen LogP contribution in [0.25, 0.3) is 11.1 Å². The molecule has 0 radical (unpaired) electrons. The summed E-state index contributed by atoms with van der Waals surface area (Å²) in [4.78, 5) is 15.5. The average Bonchev–Trinajstić information content (AvgIpc) is 2.67. The van der Waals surface area contributed by atoms with Crippen LogP contribution in [0.5, 0.6) is 0 Å². The summed E-state index contributed by atoms with van der Waals surface area (Å²) >= 11 is 1.46. The van der Waals surface area contributed by atoms with E-state index in [0.29, 0.717) is 0 Å². The van der Waals surface area contributed by atoms with Gasteiger partial charge >= 0.3 is 0 Å². The van der Waals surface area contributed by atoms with Crippen LogP contribution in [0.4, 0.5) is 0 Å². The quantitative estimate of drug-likeness (QED) is 0.702. The second kappa shape index (κ2) is 3.72. The minimum absolute atomic E-state index is 0.753. The number of hydrogen-bond donors (Lipinski definition) is 0. The van der Waals surface area contributed by atoms with Crippen molar-refractivity contribution in [2.75, 3.05) is 0 Å². The van der Waals surface area contributed by atoms with E-state index in [2.05, 4.69) is 4.98 Å². The molecule has 0 aromatic carbocycles. The molecule has 0 saturated heterocycles. The maximum Gasteiger partial charge on any atom is 0.160 e. The van der Waals surface area contributed by atoms with Crippen molar-refractivity contribution in [3.8, 4) is 11.1 Å². The maximum atomic E-state index is 10.5. The second-order valence-corrected chi connectivity index (χ2v) is 3.93. The highest BCUT2D eigenvalue weighted by Crippen LogP contribution is 2.26.